The highest BCUT2D eigenvalue weighted by molar-refractivity contribution is 6.08. The highest BCUT2D eigenvalue weighted by atomic mass is 19.4. The highest BCUT2D eigenvalue weighted by Gasteiger charge is 2.35. The molecule has 1 N–H and O–H groups in total. The van der Waals surface area contributed by atoms with E-state index in [-0.39, 0.29) is 12.3 Å². The third kappa shape index (κ3) is 4.73. The molecule has 0 atom stereocenters. The van der Waals surface area contributed by atoms with E-state index in [0.717, 1.165) is 23.4 Å². The Morgan fingerprint density at radius 2 is 1.76 bits per heavy atom. The van der Waals surface area contributed by atoms with E-state index >= 15 is 0 Å². The fraction of sp³-hybridized carbons (Fsp3) is 0.200. The molecule has 0 saturated heterocycles. The number of carbonyl (C=O) groups excluding carboxylic acids is 2. The van der Waals surface area contributed by atoms with E-state index in [2.05, 4.69) is 5.32 Å². The molecule has 0 saturated carbocycles. The predicted octanol–water partition coefficient (Wildman–Crippen LogP) is 5.32. The van der Waals surface area contributed by atoms with Gasteiger partial charge in [0.15, 0.2) is 0 Å². The number of nitrogens with one attached hydrogen (secondary N) is 1. The number of carbonyl (C=O) groups is 2. The van der Waals surface area contributed by atoms with Crippen LogP contribution in [0.15, 0.2) is 66.7 Å². The zero-order chi connectivity index (χ0) is 24.5. The second-order valence-electron chi connectivity index (χ2n) is 7.93. The summed E-state index contributed by atoms with van der Waals surface area (Å²) in [5.74, 6) is -2.24. The Bertz CT molecular complexity index is 1230. The number of halogens is 4. The lowest BCUT2D eigenvalue weighted by molar-refractivity contribution is -0.137. The quantitative estimate of drug-likeness (QED) is 0.524. The SMILES string of the molecule is CN1CCC(=O)N(CC(=O)Nc2ccc(F)cc2C(F)(F)F)c2c(-c3ccccc3)cccc21. The third-order valence-corrected chi connectivity index (χ3v) is 5.61. The molecule has 4 rings (SSSR count). The zero-order valence-corrected chi connectivity index (χ0v) is 18.2. The van der Waals surface area contributed by atoms with Gasteiger partial charge in [0, 0.05) is 25.6 Å². The average molecular weight is 471 g/mol. The van der Waals surface area contributed by atoms with Gasteiger partial charge in [-0.3, -0.25) is 9.59 Å². The molecule has 9 heteroatoms. The standard InChI is InChI=1S/C25H21F4N3O2/c1-31-13-12-23(34)32(24-18(8-5-9-21(24)31)16-6-3-2-4-7-16)15-22(33)30-20-11-10-17(26)14-19(20)25(27,28)29/h2-11,14H,12-13,15H2,1H3,(H,30,33). The normalized spacial score (nSPS) is 14.0. The van der Waals surface area contributed by atoms with Gasteiger partial charge >= 0.3 is 6.18 Å². The van der Waals surface area contributed by atoms with Gasteiger partial charge in [-0.05, 0) is 29.8 Å². The first-order valence-electron chi connectivity index (χ1n) is 10.5. The summed E-state index contributed by atoms with van der Waals surface area (Å²) in [7, 11) is 1.83. The van der Waals surface area contributed by atoms with Crippen LogP contribution in [0.4, 0.5) is 34.6 Å². The van der Waals surface area contributed by atoms with Gasteiger partial charge in [-0.2, -0.15) is 13.2 Å². The lowest BCUT2D eigenvalue weighted by Gasteiger charge is -2.27. The smallest absolute Gasteiger partial charge is 0.372 e. The van der Waals surface area contributed by atoms with Crippen molar-refractivity contribution in [3.63, 3.8) is 0 Å². The Balaban J connectivity index is 1.72. The maximum absolute atomic E-state index is 13.4. The fourth-order valence-electron chi connectivity index (χ4n) is 3.98. The Labute approximate surface area is 193 Å². The minimum Gasteiger partial charge on any atom is -0.372 e. The van der Waals surface area contributed by atoms with Gasteiger partial charge in [0.1, 0.15) is 12.4 Å². The van der Waals surface area contributed by atoms with E-state index < -0.39 is 35.7 Å². The molecular formula is C25H21F4N3O2. The maximum Gasteiger partial charge on any atom is 0.418 e. The molecule has 0 unspecified atom stereocenters. The number of fused-ring (bicyclic) bond motifs is 1. The molecule has 0 spiro atoms. The van der Waals surface area contributed by atoms with Crippen LogP contribution in [-0.2, 0) is 15.8 Å². The van der Waals surface area contributed by atoms with Gasteiger partial charge in [0.05, 0.1) is 22.6 Å². The van der Waals surface area contributed by atoms with Crippen molar-refractivity contribution in [3.05, 3.63) is 78.1 Å². The van der Waals surface area contributed by atoms with Gasteiger partial charge in [-0.1, -0.05) is 42.5 Å². The second-order valence-corrected chi connectivity index (χ2v) is 7.93. The molecule has 0 aromatic heterocycles. The first-order chi connectivity index (χ1) is 16.1. The monoisotopic (exact) mass is 471 g/mol. The maximum atomic E-state index is 13.4. The minimum atomic E-state index is -4.86. The van der Waals surface area contributed by atoms with Crippen molar-refractivity contribution >= 4 is 28.9 Å². The van der Waals surface area contributed by atoms with E-state index in [9.17, 15) is 27.2 Å². The van der Waals surface area contributed by atoms with Gasteiger partial charge < -0.3 is 15.1 Å². The zero-order valence-electron chi connectivity index (χ0n) is 18.2. The number of anilines is 3. The number of alkyl halides is 3. The van der Waals surface area contributed by atoms with E-state index in [1.807, 2.05) is 60.5 Å². The predicted molar refractivity (Wildman–Crippen MR) is 122 cm³/mol. The van der Waals surface area contributed by atoms with Crippen molar-refractivity contribution in [2.45, 2.75) is 12.6 Å². The molecule has 0 fully saturated rings. The summed E-state index contributed by atoms with van der Waals surface area (Å²) in [5, 5.41) is 2.20. The summed E-state index contributed by atoms with van der Waals surface area (Å²) in [4.78, 5) is 29.1. The van der Waals surface area contributed by atoms with Gasteiger partial charge in [-0.15, -0.1) is 0 Å². The van der Waals surface area contributed by atoms with Crippen molar-refractivity contribution in [2.75, 3.05) is 35.3 Å². The lowest BCUT2D eigenvalue weighted by Crippen LogP contribution is -2.38. The summed E-state index contributed by atoms with van der Waals surface area (Å²) < 4.78 is 53.5. The number of amides is 2. The van der Waals surface area contributed by atoms with Gasteiger partial charge in [0.2, 0.25) is 11.8 Å². The van der Waals surface area contributed by atoms with Crippen molar-refractivity contribution in [3.8, 4) is 11.1 Å². The van der Waals surface area contributed by atoms with Crippen LogP contribution in [0.2, 0.25) is 0 Å². The summed E-state index contributed by atoms with van der Waals surface area (Å²) in [5.41, 5.74) is 0.890. The first kappa shape index (κ1) is 23.3. The summed E-state index contributed by atoms with van der Waals surface area (Å²) in [6, 6.07) is 16.8. The van der Waals surface area contributed by atoms with Gasteiger partial charge in [0.25, 0.3) is 0 Å². The van der Waals surface area contributed by atoms with Gasteiger partial charge in [-0.25, -0.2) is 4.39 Å². The number of nitrogens with zero attached hydrogens (tertiary/aromatic N) is 2. The minimum absolute atomic E-state index is 0.122. The Morgan fingerprint density at radius 3 is 2.47 bits per heavy atom. The first-order valence-corrected chi connectivity index (χ1v) is 10.5. The number of hydrogen-bond acceptors (Lipinski definition) is 3. The Morgan fingerprint density at radius 1 is 1.03 bits per heavy atom. The Hall–Kier alpha value is -3.88. The van der Waals surface area contributed by atoms with Crippen LogP contribution in [0.25, 0.3) is 11.1 Å². The molecule has 3 aromatic carbocycles. The summed E-state index contributed by atoms with van der Waals surface area (Å²) in [6.45, 7) is -0.0867. The summed E-state index contributed by atoms with van der Waals surface area (Å²) in [6.07, 6.45) is -4.74. The van der Waals surface area contributed by atoms with Crippen LogP contribution in [0.1, 0.15) is 12.0 Å². The molecule has 2 amide bonds. The second kappa shape index (κ2) is 9.17. The van der Waals surface area contributed by atoms with Crippen LogP contribution >= 0.6 is 0 Å². The molecule has 0 bridgehead atoms. The number of rotatable bonds is 4. The van der Waals surface area contributed by atoms with Crippen molar-refractivity contribution in [1.29, 1.82) is 0 Å². The molecule has 1 aliphatic rings. The van der Waals surface area contributed by atoms with Crippen LogP contribution in [0.3, 0.4) is 0 Å². The van der Waals surface area contributed by atoms with Crippen molar-refractivity contribution < 1.29 is 27.2 Å². The van der Waals surface area contributed by atoms with Crippen LogP contribution in [0, 0.1) is 5.82 Å². The fourth-order valence-corrected chi connectivity index (χ4v) is 3.98. The van der Waals surface area contributed by atoms with E-state index in [0.29, 0.717) is 23.9 Å². The number of hydrogen-bond donors (Lipinski definition) is 1. The topological polar surface area (TPSA) is 52.7 Å². The molecule has 34 heavy (non-hydrogen) atoms. The van der Waals surface area contributed by atoms with Crippen molar-refractivity contribution in [1.82, 2.24) is 0 Å². The molecule has 0 aliphatic carbocycles. The molecule has 0 radical (unpaired) electrons. The summed E-state index contributed by atoms with van der Waals surface area (Å²) >= 11 is 0. The van der Waals surface area contributed by atoms with Crippen LogP contribution in [0.5, 0.6) is 0 Å². The molecule has 1 aliphatic heterocycles. The molecule has 3 aromatic rings. The van der Waals surface area contributed by atoms with Crippen molar-refractivity contribution in [2.24, 2.45) is 0 Å². The average Bonchev–Trinajstić information content (AvgIpc) is 2.92. The Kier molecular flexibility index (Phi) is 6.28. The van der Waals surface area contributed by atoms with E-state index in [4.69, 9.17) is 0 Å². The van der Waals surface area contributed by atoms with Crippen LogP contribution in [-0.4, -0.2) is 32.0 Å². The van der Waals surface area contributed by atoms with E-state index in [1.165, 1.54) is 4.90 Å². The molecule has 1 heterocycles. The lowest BCUT2D eigenvalue weighted by atomic mass is 10.0. The molecule has 5 nitrogen and oxygen atoms in total. The molecule has 176 valence electrons. The largest absolute Gasteiger partial charge is 0.418 e. The third-order valence-electron chi connectivity index (χ3n) is 5.61. The van der Waals surface area contributed by atoms with E-state index in [1.54, 1.807) is 0 Å². The van der Waals surface area contributed by atoms with Crippen LogP contribution < -0.4 is 15.1 Å². The number of benzene rings is 3. The molecular weight excluding hydrogens is 450 g/mol. The number of para-hydroxylation sites is 1. The highest BCUT2D eigenvalue weighted by Crippen LogP contribution is 2.41.